The molecule has 0 saturated heterocycles. The van der Waals surface area contributed by atoms with Gasteiger partial charge in [0.2, 0.25) is 11.8 Å². The molecule has 2 aromatic carbocycles. The number of rotatable bonds is 9. The summed E-state index contributed by atoms with van der Waals surface area (Å²) in [6.45, 7) is -1.42. The van der Waals surface area contributed by atoms with Crippen molar-refractivity contribution in [3.8, 4) is 0 Å². The number of alkyl halides is 1. The molecule has 2 heterocycles. The molecule has 3 amide bonds. The summed E-state index contributed by atoms with van der Waals surface area (Å²) in [5, 5.41) is 14.0. The average molecular weight is 512 g/mol. The van der Waals surface area contributed by atoms with Gasteiger partial charge >= 0.3 is 12.1 Å². The van der Waals surface area contributed by atoms with Crippen LogP contribution in [0.1, 0.15) is 29.5 Å². The van der Waals surface area contributed by atoms with Gasteiger partial charge in [-0.05, 0) is 29.5 Å². The van der Waals surface area contributed by atoms with E-state index in [2.05, 4.69) is 10.6 Å². The number of carbonyl (C=O) groups is 5. The number of halogens is 1. The first kappa shape index (κ1) is 25.8. The van der Waals surface area contributed by atoms with E-state index in [9.17, 15) is 28.4 Å². The lowest BCUT2D eigenvalue weighted by Crippen LogP contribution is -2.56. The number of Topliss-reactive ketones (excluding diaryl/α,β-unsaturated/α-hetero) is 1. The first-order valence-corrected chi connectivity index (χ1v) is 11.8. The summed E-state index contributed by atoms with van der Waals surface area (Å²) in [4.78, 5) is 63.6. The lowest BCUT2D eigenvalue weighted by molar-refractivity contribution is -0.140. The second-order valence-electron chi connectivity index (χ2n) is 8.91. The summed E-state index contributed by atoms with van der Waals surface area (Å²) in [6, 6.07) is 10.8. The predicted octanol–water partition coefficient (Wildman–Crippen LogP) is 1.68. The maximum absolute atomic E-state index is 13.6. The fraction of sp³-hybridized carbons (Fsp3) is 0.346. The van der Waals surface area contributed by atoms with E-state index in [0.29, 0.717) is 12.1 Å². The normalized spacial score (nSPS) is 18.8. The van der Waals surface area contributed by atoms with Gasteiger partial charge in [0.15, 0.2) is 5.78 Å². The number of carboxylic acids is 1. The van der Waals surface area contributed by atoms with Crippen LogP contribution >= 0.6 is 0 Å². The Labute approximate surface area is 211 Å². The molecule has 11 heteroatoms. The Morgan fingerprint density at radius 1 is 1.08 bits per heavy atom. The number of hydrogen-bond donors (Lipinski definition) is 3. The minimum Gasteiger partial charge on any atom is -0.481 e. The van der Waals surface area contributed by atoms with Gasteiger partial charge in [-0.3, -0.25) is 24.1 Å². The monoisotopic (exact) mass is 511 g/mol. The topological polar surface area (TPSA) is 142 Å². The van der Waals surface area contributed by atoms with Gasteiger partial charge in [-0.25, -0.2) is 9.18 Å². The number of benzene rings is 2. The smallest absolute Gasteiger partial charge is 0.408 e. The fourth-order valence-corrected chi connectivity index (χ4v) is 4.66. The molecule has 0 aliphatic carbocycles. The van der Waals surface area contributed by atoms with Gasteiger partial charge in [0.1, 0.15) is 31.4 Å². The van der Waals surface area contributed by atoms with Crippen molar-refractivity contribution < 1.29 is 38.2 Å². The van der Waals surface area contributed by atoms with Crippen LogP contribution in [0.15, 0.2) is 48.5 Å². The number of ether oxygens (including phenoxy) is 1. The van der Waals surface area contributed by atoms with E-state index in [1.54, 1.807) is 36.4 Å². The SMILES string of the molecule is O=C(O)CC(NC(=O)C1Cc2cccc3c2N1C(=O)C(NC(=O)OCc1ccccc1)CC3)C(=O)CF. The van der Waals surface area contributed by atoms with Gasteiger partial charge in [0.25, 0.3) is 0 Å². The highest BCUT2D eigenvalue weighted by atomic mass is 19.1. The van der Waals surface area contributed by atoms with Crippen molar-refractivity contribution in [1.29, 1.82) is 0 Å². The maximum atomic E-state index is 13.6. The van der Waals surface area contributed by atoms with Crippen LogP contribution in [0, 0.1) is 0 Å². The van der Waals surface area contributed by atoms with Gasteiger partial charge in [0, 0.05) is 6.42 Å². The molecule has 0 aromatic heterocycles. The summed E-state index contributed by atoms with van der Waals surface area (Å²) >= 11 is 0. The maximum Gasteiger partial charge on any atom is 0.408 e. The molecule has 3 atom stereocenters. The van der Waals surface area contributed by atoms with E-state index >= 15 is 0 Å². The summed E-state index contributed by atoms with van der Waals surface area (Å²) in [6.07, 6.45) is -0.738. The van der Waals surface area contributed by atoms with Gasteiger partial charge in [-0.1, -0.05) is 48.5 Å². The van der Waals surface area contributed by atoms with Crippen LogP contribution in [-0.4, -0.2) is 59.6 Å². The molecular weight excluding hydrogens is 485 g/mol. The Morgan fingerprint density at radius 2 is 1.81 bits per heavy atom. The van der Waals surface area contributed by atoms with Crippen LogP contribution in [-0.2, 0) is 43.4 Å². The Morgan fingerprint density at radius 3 is 2.51 bits per heavy atom. The largest absolute Gasteiger partial charge is 0.481 e. The number of amides is 3. The number of alkyl carbamates (subject to hydrolysis) is 1. The number of nitrogens with zero attached hydrogens (tertiary/aromatic N) is 1. The molecule has 0 saturated carbocycles. The van der Waals surface area contributed by atoms with Crippen LogP contribution in [0.3, 0.4) is 0 Å². The van der Waals surface area contributed by atoms with Crippen molar-refractivity contribution in [2.24, 2.45) is 0 Å². The lowest BCUT2D eigenvalue weighted by Gasteiger charge is -2.28. The number of ketones is 1. The lowest BCUT2D eigenvalue weighted by atomic mass is 10.0. The first-order chi connectivity index (χ1) is 17.8. The molecule has 4 rings (SSSR count). The molecule has 2 aliphatic rings. The summed E-state index contributed by atoms with van der Waals surface area (Å²) in [5.41, 5.74) is 2.87. The minimum absolute atomic E-state index is 0.0142. The van der Waals surface area contributed by atoms with Crippen molar-refractivity contribution in [2.75, 3.05) is 11.6 Å². The van der Waals surface area contributed by atoms with Gasteiger partial charge < -0.3 is 20.5 Å². The standard InChI is InChI=1S/C26H26FN3O7/c27-13-21(31)19(12-22(32)33)28-24(34)20-11-17-8-4-7-16-9-10-18(25(35)30(20)23(16)17)29-26(36)37-14-15-5-2-1-3-6-15/h1-8,18-20H,9-14H2,(H,28,34)(H,29,36)(H,32,33). The quantitative estimate of drug-likeness (QED) is 0.465. The Bertz CT molecular complexity index is 1220. The number of hydrogen-bond acceptors (Lipinski definition) is 6. The number of aryl methyl sites for hydroxylation is 1. The second kappa shape index (κ2) is 11.2. The molecule has 2 aromatic rings. The molecule has 194 valence electrons. The Balaban J connectivity index is 1.52. The highest BCUT2D eigenvalue weighted by Crippen LogP contribution is 2.39. The molecule has 0 bridgehead atoms. The van der Waals surface area contributed by atoms with E-state index < -0.39 is 60.9 Å². The van der Waals surface area contributed by atoms with E-state index in [1.165, 1.54) is 4.90 Å². The molecule has 37 heavy (non-hydrogen) atoms. The molecule has 0 fully saturated rings. The number of nitrogens with one attached hydrogen (secondary N) is 2. The summed E-state index contributed by atoms with van der Waals surface area (Å²) < 4.78 is 18.2. The summed E-state index contributed by atoms with van der Waals surface area (Å²) in [5.74, 6) is -3.77. The summed E-state index contributed by atoms with van der Waals surface area (Å²) in [7, 11) is 0. The number of para-hydroxylation sites is 1. The number of carbonyl (C=O) groups excluding carboxylic acids is 4. The van der Waals surface area contributed by atoms with Crippen LogP contribution < -0.4 is 15.5 Å². The Hall–Kier alpha value is -4.28. The van der Waals surface area contributed by atoms with Crippen LogP contribution in [0.4, 0.5) is 14.9 Å². The van der Waals surface area contributed by atoms with Crippen molar-refractivity contribution in [3.63, 3.8) is 0 Å². The molecule has 3 unspecified atom stereocenters. The van der Waals surface area contributed by atoms with E-state index in [-0.39, 0.29) is 19.4 Å². The van der Waals surface area contributed by atoms with E-state index in [0.717, 1.165) is 16.7 Å². The van der Waals surface area contributed by atoms with Crippen molar-refractivity contribution in [1.82, 2.24) is 10.6 Å². The highest BCUT2D eigenvalue weighted by molar-refractivity contribution is 6.08. The second-order valence-corrected chi connectivity index (χ2v) is 8.91. The van der Waals surface area contributed by atoms with Crippen molar-refractivity contribution in [2.45, 2.75) is 50.4 Å². The van der Waals surface area contributed by atoms with Gasteiger partial charge in [-0.15, -0.1) is 0 Å². The van der Waals surface area contributed by atoms with E-state index in [1.807, 2.05) is 12.1 Å². The first-order valence-electron chi connectivity index (χ1n) is 11.8. The third-order valence-corrected chi connectivity index (χ3v) is 6.43. The molecule has 2 aliphatic heterocycles. The third kappa shape index (κ3) is 5.76. The number of aliphatic carboxylic acids is 1. The highest BCUT2D eigenvalue weighted by Gasteiger charge is 2.44. The van der Waals surface area contributed by atoms with Crippen LogP contribution in [0.5, 0.6) is 0 Å². The van der Waals surface area contributed by atoms with Crippen LogP contribution in [0.25, 0.3) is 0 Å². The van der Waals surface area contributed by atoms with Crippen molar-refractivity contribution in [3.05, 3.63) is 65.2 Å². The molecule has 10 nitrogen and oxygen atoms in total. The third-order valence-electron chi connectivity index (χ3n) is 6.43. The van der Waals surface area contributed by atoms with Crippen molar-refractivity contribution >= 4 is 35.3 Å². The van der Waals surface area contributed by atoms with E-state index in [4.69, 9.17) is 9.84 Å². The van der Waals surface area contributed by atoms with Gasteiger partial charge in [-0.2, -0.15) is 0 Å². The fourth-order valence-electron chi connectivity index (χ4n) is 4.66. The Kier molecular flexibility index (Phi) is 7.80. The molecule has 0 radical (unpaired) electrons. The van der Waals surface area contributed by atoms with Gasteiger partial charge in [0.05, 0.1) is 12.1 Å². The average Bonchev–Trinajstić information content (AvgIpc) is 3.23. The molecule has 3 N–H and O–H groups in total. The predicted molar refractivity (Wildman–Crippen MR) is 128 cm³/mol. The zero-order chi connectivity index (χ0) is 26.5. The molecule has 0 spiro atoms. The zero-order valence-electron chi connectivity index (χ0n) is 19.8. The minimum atomic E-state index is -1.57. The molecular formula is C26H26FN3O7. The van der Waals surface area contributed by atoms with Crippen LogP contribution in [0.2, 0.25) is 0 Å². The number of carboxylic acid groups (broad SMARTS) is 1. The zero-order valence-corrected chi connectivity index (χ0v) is 19.8. The number of anilines is 1.